The van der Waals surface area contributed by atoms with Crippen LogP contribution in [0.2, 0.25) is 0 Å². The average Bonchev–Trinajstić information content (AvgIpc) is 2.28. The average molecular weight is 250 g/mol. The van der Waals surface area contributed by atoms with Crippen LogP contribution in [0.3, 0.4) is 0 Å². The van der Waals surface area contributed by atoms with E-state index in [4.69, 9.17) is 0 Å². The van der Waals surface area contributed by atoms with Crippen LogP contribution in [0.1, 0.15) is 36.7 Å². The SMILES string of the molecule is Cc1c(C(=O)N[C@H](C)C(C)C)cccc1[N+](=O)[O-]. The molecule has 1 atom stereocenters. The molecule has 0 saturated carbocycles. The zero-order valence-corrected chi connectivity index (χ0v) is 11.1. The van der Waals surface area contributed by atoms with Crippen molar-refractivity contribution in [3.05, 3.63) is 39.4 Å². The summed E-state index contributed by atoms with van der Waals surface area (Å²) >= 11 is 0. The van der Waals surface area contributed by atoms with Crippen LogP contribution in [0.15, 0.2) is 18.2 Å². The number of amides is 1. The van der Waals surface area contributed by atoms with Crippen molar-refractivity contribution in [2.45, 2.75) is 33.7 Å². The minimum Gasteiger partial charge on any atom is -0.349 e. The van der Waals surface area contributed by atoms with Gasteiger partial charge in [0.2, 0.25) is 0 Å². The van der Waals surface area contributed by atoms with Crippen LogP contribution in [0.4, 0.5) is 5.69 Å². The molecule has 1 aromatic carbocycles. The molecule has 0 unspecified atom stereocenters. The van der Waals surface area contributed by atoms with E-state index >= 15 is 0 Å². The molecule has 0 aromatic heterocycles. The van der Waals surface area contributed by atoms with E-state index in [9.17, 15) is 14.9 Å². The van der Waals surface area contributed by atoms with Gasteiger partial charge in [-0.1, -0.05) is 19.9 Å². The topological polar surface area (TPSA) is 72.2 Å². The lowest BCUT2D eigenvalue weighted by Crippen LogP contribution is -2.36. The molecule has 18 heavy (non-hydrogen) atoms. The number of nitrogens with one attached hydrogen (secondary N) is 1. The molecule has 0 saturated heterocycles. The molecule has 1 N–H and O–H groups in total. The molecule has 0 spiro atoms. The maximum absolute atomic E-state index is 12.0. The molecule has 98 valence electrons. The molecular formula is C13H18N2O3. The summed E-state index contributed by atoms with van der Waals surface area (Å²) in [6, 6.07) is 4.55. The number of nitrogens with zero attached hydrogens (tertiary/aromatic N) is 1. The Labute approximate surface area is 106 Å². The summed E-state index contributed by atoms with van der Waals surface area (Å²) in [5.74, 6) is 0.0466. The van der Waals surface area contributed by atoms with Gasteiger partial charge in [-0.25, -0.2) is 0 Å². The number of hydrogen-bond donors (Lipinski definition) is 1. The number of carbonyl (C=O) groups excluding carboxylic acids is 1. The predicted molar refractivity (Wildman–Crippen MR) is 69.6 cm³/mol. The second-order valence-electron chi connectivity index (χ2n) is 4.71. The largest absolute Gasteiger partial charge is 0.349 e. The Morgan fingerprint density at radius 2 is 1.94 bits per heavy atom. The highest BCUT2D eigenvalue weighted by Gasteiger charge is 2.19. The van der Waals surface area contributed by atoms with E-state index < -0.39 is 4.92 Å². The molecule has 0 aliphatic carbocycles. The van der Waals surface area contributed by atoms with Gasteiger partial charge >= 0.3 is 0 Å². The van der Waals surface area contributed by atoms with E-state index in [-0.39, 0.29) is 17.6 Å². The fourth-order valence-corrected chi connectivity index (χ4v) is 1.52. The van der Waals surface area contributed by atoms with Crippen LogP contribution in [-0.2, 0) is 0 Å². The van der Waals surface area contributed by atoms with Gasteiger partial charge in [-0.15, -0.1) is 0 Å². The predicted octanol–water partition coefficient (Wildman–Crippen LogP) is 2.68. The molecule has 5 nitrogen and oxygen atoms in total. The second kappa shape index (κ2) is 5.62. The zero-order chi connectivity index (χ0) is 13.9. The van der Waals surface area contributed by atoms with Gasteiger partial charge in [-0.05, 0) is 25.8 Å². The Kier molecular flexibility index (Phi) is 4.42. The summed E-state index contributed by atoms with van der Waals surface area (Å²) in [4.78, 5) is 22.3. The van der Waals surface area contributed by atoms with Crippen molar-refractivity contribution in [1.29, 1.82) is 0 Å². The smallest absolute Gasteiger partial charge is 0.273 e. The van der Waals surface area contributed by atoms with Crippen molar-refractivity contribution in [3.63, 3.8) is 0 Å². The third-order valence-corrected chi connectivity index (χ3v) is 3.11. The summed E-state index contributed by atoms with van der Waals surface area (Å²) in [5.41, 5.74) is 0.729. The fraction of sp³-hybridized carbons (Fsp3) is 0.462. The first-order chi connectivity index (χ1) is 8.34. The monoisotopic (exact) mass is 250 g/mol. The van der Waals surface area contributed by atoms with E-state index in [0.29, 0.717) is 17.0 Å². The highest BCUT2D eigenvalue weighted by Crippen LogP contribution is 2.21. The fourth-order valence-electron chi connectivity index (χ4n) is 1.52. The van der Waals surface area contributed by atoms with Crippen LogP contribution >= 0.6 is 0 Å². The van der Waals surface area contributed by atoms with E-state index in [2.05, 4.69) is 5.32 Å². The molecule has 0 fully saturated rings. The van der Waals surface area contributed by atoms with Gasteiger partial charge in [-0.2, -0.15) is 0 Å². The number of carbonyl (C=O) groups is 1. The normalized spacial score (nSPS) is 12.3. The van der Waals surface area contributed by atoms with Crippen LogP contribution in [0.5, 0.6) is 0 Å². The van der Waals surface area contributed by atoms with Crippen molar-refractivity contribution < 1.29 is 9.72 Å². The van der Waals surface area contributed by atoms with E-state index in [1.165, 1.54) is 12.1 Å². The molecule has 0 heterocycles. The highest BCUT2D eigenvalue weighted by atomic mass is 16.6. The first-order valence-corrected chi connectivity index (χ1v) is 5.89. The molecule has 1 aromatic rings. The molecular weight excluding hydrogens is 232 g/mol. The highest BCUT2D eigenvalue weighted by molar-refractivity contribution is 5.96. The zero-order valence-electron chi connectivity index (χ0n) is 11.1. The summed E-state index contributed by atoms with van der Waals surface area (Å²) in [5, 5.41) is 13.6. The maximum Gasteiger partial charge on any atom is 0.273 e. The van der Waals surface area contributed by atoms with Crippen molar-refractivity contribution in [1.82, 2.24) is 5.32 Å². The molecule has 5 heteroatoms. The van der Waals surface area contributed by atoms with Crippen LogP contribution < -0.4 is 5.32 Å². The Morgan fingerprint density at radius 1 is 1.33 bits per heavy atom. The maximum atomic E-state index is 12.0. The minimum atomic E-state index is -0.474. The van der Waals surface area contributed by atoms with E-state index in [1.807, 2.05) is 20.8 Å². The first kappa shape index (κ1) is 14.2. The van der Waals surface area contributed by atoms with E-state index in [1.54, 1.807) is 13.0 Å². The van der Waals surface area contributed by atoms with Gasteiger partial charge in [0.15, 0.2) is 0 Å². The number of nitro groups is 1. The lowest BCUT2D eigenvalue weighted by molar-refractivity contribution is -0.385. The Hall–Kier alpha value is -1.91. The molecule has 1 amide bonds. The molecule has 0 aliphatic rings. The molecule has 1 rings (SSSR count). The van der Waals surface area contributed by atoms with E-state index in [0.717, 1.165) is 0 Å². The van der Waals surface area contributed by atoms with Gasteiger partial charge in [0.05, 0.1) is 4.92 Å². The number of benzene rings is 1. The van der Waals surface area contributed by atoms with Gasteiger partial charge in [0, 0.05) is 23.2 Å². The second-order valence-corrected chi connectivity index (χ2v) is 4.71. The number of rotatable bonds is 4. The van der Waals surface area contributed by atoms with Crippen molar-refractivity contribution in [2.24, 2.45) is 5.92 Å². The summed E-state index contributed by atoms with van der Waals surface area (Å²) in [6.45, 7) is 7.51. The van der Waals surface area contributed by atoms with Crippen molar-refractivity contribution in [2.75, 3.05) is 0 Å². The van der Waals surface area contributed by atoms with Crippen LogP contribution in [-0.4, -0.2) is 16.9 Å². The minimum absolute atomic E-state index is 0.0242. The third kappa shape index (κ3) is 3.06. The van der Waals surface area contributed by atoms with Crippen LogP contribution in [0.25, 0.3) is 0 Å². The van der Waals surface area contributed by atoms with Crippen molar-refractivity contribution in [3.8, 4) is 0 Å². The van der Waals surface area contributed by atoms with Gasteiger partial charge < -0.3 is 5.32 Å². The van der Waals surface area contributed by atoms with Crippen molar-refractivity contribution >= 4 is 11.6 Å². The first-order valence-electron chi connectivity index (χ1n) is 5.89. The standard InChI is InChI=1S/C13H18N2O3/c1-8(2)10(4)14-13(16)11-6-5-7-12(9(11)3)15(17)18/h5-8,10H,1-4H3,(H,14,16)/t10-/m1/s1. The quantitative estimate of drug-likeness (QED) is 0.659. The van der Waals surface area contributed by atoms with Gasteiger partial charge in [0.25, 0.3) is 11.6 Å². The third-order valence-electron chi connectivity index (χ3n) is 3.11. The Bertz CT molecular complexity index is 469. The van der Waals surface area contributed by atoms with Crippen LogP contribution in [0, 0.1) is 23.0 Å². The summed E-state index contributed by atoms with van der Waals surface area (Å²) in [7, 11) is 0. The lowest BCUT2D eigenvalue weighted by Gasteiger charge is -2.18. The summed E-state index contributed by atoms with van der Waals surface area (Å²) < 4.78 is 0. The van der Waals surface area contributed by atoms with Gasteiger partial charge in [0.1, 0.15) is 0 Å². The molecule has 0 radical (unpaired) electrons. The number of nitro benzene ring substituents is 1. The lowest BCUT2D eigenvalue weighted by atomic mass is 10.0. The number of hydrogen-bond acceptors (Lipinski definition) is 3. The summed E-state index contributed by atoms with van der Waals surface area (Å²) in [6.07, 6.45) is 0. The Balaban J connectivity index is 3.00. The Morgan fingerprint density at radius 3 is 2.44 bits per heavy atom. The molecule has 0 bridgehead atoms. The van der Waals surface area contributed by atoms with Gasteiger partial charge in [-0.3, -0.25) is 14.9 Å². The molecule has 0 aliphatic heterocycles.